The molecule has 1 aromatic rings. The highest BCUT2D eigenvalue weighted by atomic mass is 16.5. The highest BCUT2D eigenvalue weighted by Crippen LogP contribution is 2.24. The maximum Gasteiger partial charge on any atom is 0.124 e. The van der Waals surface area contributed by atoms with E-state index in [9.17, 15) is 5.11 Å². The second kappa shape index (κ2) is 7.62. The molecule has 0 saturated carbocycles. The summed E-state index contributed by atoms with van der Waals surface area (Å²) < 4.78 is 5.30. The first-order valence-corrected chi connectivity index (χ1v) is 7.42. The van der Waals surface area contributed by atoms with Crippen molar-refractivity contribution in [3.63, 3.8) is 0 Å². The van der Waals surface area contributed by atoms with Gasteiger partial charge in [0.2, 0.25) is 0 Å². The SMILES string of the molecule is COc1ccccc1C(O)CN(C)CCN1CCCC1. The largest absolute Gasteiger partial charge is 0.496 e. The summed E-state index contributed by atoms with van der Waals surface area (Å²) in [5.41, 5.74) is 0.864. The van der Waals surface area contributed by atoms with Gasteiger partial charge in [0.1, 0.15) is 5.75 Å². The van der Waals surface area contributed by atoms with Crippen LogP contribution in [-0.2, 0) is 0 Å². The van der Waals surface area contributed by atoms with Gasteiger partial charge in [0.25, 0.3) is 0 Å². The zero-order valence-corrected chi connectivity index (χ0v) is 12.6. The Morgan fingerprint density at radius 2 is 2.00 bits per heavy atom. The van der Waals surface area contributed by atoms with Gasteiger partial charge in [0.15, 0.2) is 0 Å². The molecule has 1 aliphatic heterocycles. The quantitative estimate of drug-likeness (QED) is 0.824. The Bertz CT molecular complexity index is 405. The molecule has 1 aliphatic rings. The van der Waals surface area contributed by atoms with Crippen LogP contribution in [-0.4, -0.2) is 61.8 Å². The minimum atomic E-state index is -0.505. The third-order valence-corrected chi connectivity index (χ3v) is 3.98. The van der Waals surface area contributed by atoms with E-state index < -0.39 is 6.10 Å². The monoisotopic (exact) mass is 278 g/mol. The molecule has 0 bridgehead atoms. The van der Waals surface area contributed by atoms with Crippen LogP contribution in [0.15, 0.2) is 24.3 Å². The molecule has 1 saturated heterocycles. The van der Waals surface area contributed by atoms with E-state index in [0.717, 1.165) is 24.4 Å². The zero-order valence-electron chi connectivity index (χ0n) is 12.6. The summed E-state index contributed by atoms with van der Waals surface area (Å²) in [6, 6.07) is 7.68. The molecule has 0 amide bonds. The third kappa shape index (κ3) is 4.20. The van der Waals surface area contributed by atoms with Gasteiger partial charge in [0, 0.05) is 25.2 Å². The van der Waals surface area contributed by atoms with Crippen LogP contribution in [0.25, 0.3) is 0 Å². The van der Waals surface area contributed by atoms with Crippen molar-refractivity contribution in [3.05, 3.63) is 29.8 Å². The predicted octanol–water partition coefficient (Wildman–Crippen LogP) is 1.76. The molecule has 0 radical (unpaired) electrons. The molecule has 4 nitrogen and oxygen atoms in total. The van der Waals surface area contributed by atoms with Crippen molar-refractivity contribution in [2.24, 2.45) is 0 Å². The Hall–Kier alpha value is -1.10. The number of benzene rings is 1. The number of aliphatic hydroxyl groups is 1. The fourth-order valence-corrected chi connectivity index (χ4v) is 2.74. The van der Waals surface area contributed by atoms with Gasteiger partial charge in [0.05, 0.1) is 13.2 Å². The molecule has 2 rings (SSSR count). The average Bonchev–Trinajstić information content (AvgIpc) is 2.98. The van der Waals surface area contributed by atoms with Crippen LogP contribution in [0.4, 0.5) is 0 Å². The number of rotatable bonds is 7. The standard InChI is InChI=1S/C16H26N2O2/c1-17(11-12-18-9-5-6-10-18)13-15(19)14-7-3-4-8-16(14)20-2/h3-4,7-8,15,19H,5-6,9-13H2,1-2H3. The van der Waals surface area contributed by atoms with E-state index in [1.807, 2.05) is 24.3 Å². The molecule has 20 heavy (non-hydrogen) atoms. The van der Waals surface area contributed by atoms with Gasteiger partial charge in [-0.25, -0.2) is 0 Å². The van der Waals surface area contributed by atoms with Gasteiger partial charge in [-0.05, 0) is 39.0 Å². The Kier molecular flexibility index (Phi) is 5.83. The molecular formula is C16H26N2O2. The fourth-order valence-electron chi connectivity index (χ4n) is 2.74. The van der Waals surface area contributed by atoms with Crippen LogP contribution in [0.2, 0.25) is 0 Å². The molecule has 1 atom stereocenters. The van der Waals surface area contributed by atoms with Gasteiger partial charge >= 0.3 is 0 Å². The molecule has 112 valence electrons. The lowest BCUT2D eigenvalue weighted by atomic mass is 10.1. The second-order valence-electron chi connectivity index (χ2n) is 5.57. The van der Waals surface area contributed by atoms with Crippen LogP contribution >= 0.6 is 0 Å². The summed E-state index contributed by atoms with van der Waals surface area (Å²) >= 11 is 0. The van der Waals surface area contributed by atoms with Crippen LogP contribution in [0, 0.1) is 0 Å². The van der Waals surface area contributed by atoms with Gasteiger partial charge in [-0.1, -0.05) is 18.2 Å². The average molecular weight is 278 g/mol. The van der Waals surface area contributed by atoms with E-state index in [1.165, 1.54) is 25.9 Å². The minimum Gasteiger partial charge on any atom is -0.496 e. The number of nitrogens with zero attached hydrogens (tertiary/aromatic N) is 2. The number of hydrogen-bond donors (Lipinski definition) is 1. The summed E-state index contributed by atoms with van der Waals surface area (Å²) in [5.74, 6) is 0.757. The van der Waals surface area contributed by atoms with Crippen molar-refractivity contribution >= 4 is 0 Å². The topological polar surface area (TPSA) is 35.9 Å². The van der Waals surface area contributed by atoms with E-state index in [1.54, 1.807) is 7.11 Å². The highest BCUT2D eigenvalue weighted by molar-refractivity contribution is 5.35. The number of methoxy groups -OCH3 is 1. The number of aliphatic hydroxyl groups excluding tert-OH is 1. The minimum absolute atomic E-state index is 0.505. The first-order valence-electron chi connectivity index (χ1n) is 7.42. The van der Waals surface area contributed by atoms with Gasteiger partial charge < -0.3 is 19.6 Å². The number of hydrogen-bond acceptors (Lipinski definition) is 4. The lowest BCUT2D eigenvalue weighted by Gasteiger charge is -2.24. The molecule has 4 heteroatoms. The van der Waals surface area contributed by atoms with E-state index in [4.69, 9.17) is 4.74 Å². The van der Waals surface area contributed by atoms with Crippen molar-refractivity contribution in [2.45, 2.75) is 18.9 Å². The molecule has 1 unspecified atom stereocenters. The van der Waals surface area contributed by atoms with Crippen molar-refractivity contribution < 1.29 is 9.84 Å². The first-order chi connectivity index (χ1) is 9.70. The maximum atomic E-state index is 10.4. The molecule has 1 aromatic carbocycles. The lowest BCUT2D eigenvalue weighted by Crippen LogP contribution is -2.33. The summed E-state index contributed by atoms with van der Waals surface area (Å²) in [5, 5.41) is 10.4. The van der Waals surface area contributed by atoms with Crippen LogP contribution in [0.5, 0.6) is 5.75 Å². The Morgan fingerprint density at radius 1 is 1.30 bits per heavy atom. The summed E-state index contributed by atoms with van der Waals surface area (Å²) in [6.07, 6.45) is 2.15. The first kappa shape index (κ1) is 15.3. The number of para-hydroxylation sites is 1. The van der Waals surface area contributed by atoms with Gasteiger partial charge in [-0.3, -0.25) is 0 Å². The van der Waals surface area contributed by atoms with E-state index in [-0.39, 0.29) is 0 Å². The van der Waals surface area contributed by atoms with E-state index >= 15 is 0 Å². The summed E-state index contributed by atoms with van der Waals surface area (Å²) in [6.45, 7) is 5.17. The van der Waals surface area contributed by atoms with Gasteiger partial charge in [-0.15, -0.1) is 0 Å². The van der Waals surface area contributed by atoms with Crippen molar-refractivity contribution in [3.8, 4) is 5.75 Å². The summed E-state index contributed by atoms with van der Waals surface area (Å²) in [7, 11) is 3.71. The number of likely N-dealkylation sites (tertiary alicyclic amines) is 1. The second-order valence-corrected chi connectivity index (χ2v) is 5.57. The predicted molar refractivity (Wildman–Crippen MR) is 81.1 cm³/mol. The maximum absolute atomic E-state index is 10.4. The Labute approximate surface area is 122 Å². The van der Waals surface area contributed by atoms with Crippen molar-refractivity contribution in [2.75, 3.05) is 46.9 Å². The van der Waals surface area contributed by atoms with Gasteiger partial charge in [-0.2, -0.15) is 0 Å². The number of likely N-dealkylation sites (N-methyl/N-ethyl adjacent to an activating group) is 1. The smallest absolute Gasteiger partial charge is 0.124 e. The fraction of sp³-hybridized carbons (Fsp3) is 0.625. The van der Waals surface area contributed by atoms with Crippen LogP contribution in [0.1, 0.15) is 24.5 Å². The molecular weight excluding hydrogens is 252 g/mol. The molecule has 0 aromatic heterocycles. The van der Waals surface area contributed by atoms with Crippen LogP contribution < -0.4 is 4.74 Å². The van der Waals surface area contributed by atoms with Crippen LogP contribution in [0.3, 0.4) is 0 Å². The summed E-state index contributed by atoms with van der Waals surface area (Å²) in [4.78, 5) is 4.68. The molecule has 1 N–H and O–H groups in total. The zero-order chi connectivity index (χ0) is 14.4. The molecule has 0 aliphatic carbocycles. The van der Waals surface area contributed by atoms with Crippen molar-refractivity contribution in [1.29, 1.82) is 0 Å². The van der Waals surface area contributed by atoms with E-state index in [2.05, 4.69) is 16.8 Å². The van der Waals surface area contributed by atoms with Crippen molar-refractivity contribution in [1.82, 2.24) is 9.80 Å². The lowest BCUT2D eigenvalue weighted by molar-refractivity contribution is 0.118. The number of ether oxygens (including phenoxy) is 1. The normalized spacial score (nSPS) is 17.6. The van der Waals surface area contributed by atoms with E-state index in [0.29, 0.717) is 6.54 Å². The molecule has 1 fully saturated rings. The Morgan fingerprint density at radius 3 is 2.70 bits per heavy atom. The Balaban J connectivity index is 1.81. The highest BCUT2D eigenvalue weighted by Gasteiger charge is 2.16. The molecule has 1 heterocycles. The third-order valence-electron chi connectivity index (χ3n) is 3.98. The molecule has 0 spiro atoms.